The van der Waals surface area contributed by atoms with Gasteiger partial charge in [-0.15, -0.1) is 24.0 Å². The van der Waals surface area contributed by atoms with Gasteiger partial charge in [-0.1, -0.05) is 25.0 Å². The summed E-state index contributed by atoms with van der Waals surface area (Å²) >= 11 is 0. The van der Waals surface area contributed by atoms with Gasteiger partial charge in [0.2, 0.25) is 0 Å². The van der Waals surface area contributed by atoms with Crippen molar-refractivity contribution < 1.29 is 9.50 Å². The minimum atomic E-state index is -0.605. The number of halogens is 2. The van der Waals surface area contributed by atoms with E-state index in [1.54, 1.807) is 12.1 Å². The van der Waals surface area contributed by atoms with Gasteiger partial charge in [-0.3, -0.25) is 0 Å². The summed E-state index contributed by atoms with van der Waals surface area (Å²) in [6.07, 6.45) is 3.86. The fraction of sp³-hybridized carbons (Fsp3) is 0.562. The van der Waals surface area contributed by atoms with E-state index in [0.29, 0.717) is 19.0 Å². The molecular formula is C16H25FIN3O. The summed E-state index contributed by atoms with van der Waals surface area (Å²) in [7, 11) is 0. The van der Waals surface area contributed by atoms with Crippen LogP contribution in [0.4, 0.5) is 4.39 Å². The van der Waals surface area contributed by atoms with E-state index in [1.807, 2.05) is 6.92 Å². The van der Waals surface area contributed by atoms with Gasteiger partial charge in [-0.05, 0) is 37.5 Å². The highest BCUT2D eigenvalue weighted by atomic mass is 127. The van der Waals surface area contributed by atoms with Crippen LogP contribution in [0.1, 0.15) is 38.2 Å². The van der Waals surface area contributed by atoms with Crippen molar-refractivity contribution in [1.29, 1.82) is 0 Å². The first-order valence-corrected chi connectivity index (χ1v) is 7.60. The van der Waals surface area contributed by atoms with Crippen molar-refractivity contribution in [2.45, 2.75) is 44.8 Å². The minimum Gasteiger partial charge on any atom is -0.388 e. The summed E-state index contributed by atoms with van der Waals surface area (Å²) < 4.78 is 12.9. The monoisotopic (exact) mass is 421 g/mol. The van der Waals surface area contributed by atoms with E-state index in [-0.39, 0.29) is 29.8 Å². The third-order valence-electron chi connectivity index (χ3n) is 3.80. The van der Waals surface area contributed by atoms with E-state index in [4.69, 9.17) is 0 Å². The second-order valence-electron chi connectivity index (χ2n) is 5.61. The van der Waals surface area contributed by atoms with E-state index in [0.717, 1.165) is 37.8 Å². The fourth-order valence-corrected chi connectivity index (χ4v) is 2.56. The largest absolute Gasteiger partial charge is 0.388 e. The third kappa shape index (κ3) is 6.08. The molecule has 6 heteroatoms. The predicted octanol–water partition coefficient (Wildman–Crippen LogP) is 2.80. The highest BCUT2D eigenvalue weighted by Gasteiger charge is 2.30. The van der Waals surface area contributed by atoms with Gasteiger partial charge in [-0.25, -0.2) is 9.38 Å². The van der Waals surface area contributed by atoms with Crippen molar-refractivity contribution in [2.75, 3.05) is 13.1 Å². The van der Waals surface area contributed by atoms with Gasteiger partial charge in [0.1, 0.15) is 5.82 Å². The molecule has 1 aliphatic rings. The van der Waals surface area contributed by atoms with Crippen molar-refractivity contribution in [3.05, 3.63) is 35.6 Å². The molecule has 1 saturated carbocycles. The molecule has 4 nitrogen and oxygen atoms in total. The standard InChI is InChI=1S/C16H24FN3O.HI/c1-2-18-15(20-12-16(21)9-3-4-10-16)19-11-13-5-7-14(17)8-6-13;/h5-8,21H,2-4,9-12H2,1H3,(H2,18,19,20);1H. The molecule has 1 aromatic rings. The van der Waals surface area contributed by atoms with Crippen molar-refractivity contribution >= 4 is 29.9 Å². The first-order chi connectivity index (χ1) is 10.1. The van der Waals surface area contributed by atoms with Crippen LogP contribution in [-0.4, -0.2) is 29.8 Å². The summed E-state index contributed by atoms with van der Waals surface area (Å²) in [6.45, 7) is 3.75. The molecule has 2 rings (SSSR count). The molecule has 0 radical (unpaired) electrons. The van der Waals surface area contributed by atoms with Crippen LogP contribution >= 0.6 is 24.0 Å². The Morgan fingerprint density at radius 1 is 1.23 bits per heavy atom. The zero-order chi connectivity index (χ0) is 15.1. The number of aliphatic imine (C=N–C) groups is 1. The van der Waals surface area contributed by atoms with Crippen LogP contribution in [0.15, 0.2) is 29.3 Å². The lowest BCUT2D eigenvalue weighted by molar-refractivity contribution is 0.0522. The third-order valence-corrected chi connectivity index (χ3v) is 3.80. The maximum atomic E-state index is 12.9. The number of aliphatic hydroxyl groups is 1. The van der Waals surface area contributed by atoms with E-state index >= 15 is 0 Å². The Kier molecular flexibility index (Phi) is 8.09. The number of rotatable bonds is 5. The molecule has 0 aromatic heterocycles. The zero-order valence-electron chi connectivity index (χ0n) is 12.9. The second-order valence-corrected chi connectivity index (χ2v) is 5.61. The Labute approximate surface area is 148 Å². The highest BCUT2D eigenvalue weighted by Crippen LogP contribution is 2.28. The summed E-state index contributed by atoms with van der Waals surface area (Å²) in [6, 6.07) is 6.33. The summed E-state index contributed by atoms with van der Waals surface area (Å²) in [5.74, 6) is 0.443. The van der Waals surface area contributed by atoms with Crippen molar-refractivity contribution in [2.24, 2.45) is 4.99 Å². The minimum absolute atomic E-state index is 0. The molecule has 1 fully saturated rings. The lowest BCUT2D eigenvalue weighted by Crippen LogP contribution is -2.46. The predicted molar refractivity (Wildman–Crippen MR) is 98.1 cm³/mol. The molecule has 0 heterocycles. The molecule has 0 atom stereocenters. The Morgan fingerprint density at radius 2 is 1.86 bits per heavy atom. The molecule has 0 unspecified atom stereocenters. The van der Waals surface area contributed by atoms with E-state index in [9.17, 15) is 9.50 Å². The maximum Gasteiger partial charge on any atom is 0.191 e. The van der Waals surface area contributed by atoms with E-state index in [2.05, 4.69) is 15.6 Å². The molecule has 0 amide bonds. The topological polar surface area (TPSA) is 56.7 Å². The first-order valence-electron chi connectivity index (χ1n) is 7.60. The Hall–Kier alpha value is -0.890. The number of hydrogen-bond donors (Lipinski definition) is 3. The average molecular weight is 421 g/mol. The van der Waals surface area contributed by atoms with E-state index in [1.165, 1.54) is 12.1 Å². The van der Waals surface area contributed by atoms with Crippen LogP contribution in [0, 0.1) is 5.82 Å². The Balaban J connectivity index is 0.00000242. The van der Waals surface area contributed by atoms with Crippen molar-refractivity contribution in [3.8, 4) is 0 Å². The van der Waals surface area contributed by atoms with Crippen molar-refractivity contribution in [1.82, 2.24) is 10.6 Å². The average Bonchev–Trinajstić information content (AvgIpc) is 2.91. The van der Waals surface area contributed by atoms with Crippen LogP contribution in [0.25, 0.3) is 0 Å². The van der Waals surface area contributed by atoms with Gasteiger partial charge in [0, 0.05) is 13.1 Å². The molecular weight excluding hydrogens is 396 g/mol. The molecule has 0 aliphatic heterocycles. The molecule has 22 heavy (non-hydrogen) atoms. The number of benzene rings is 1. The first kappa shape index (κ1) is 19.2. The van der Waals surface area contributed by atoms with Gasteiger partial charge in [-0.2, -0.15) is 0 Å². The number of nitrogens with one attached hydrogen (secondary N) is 2. The van der Waals surface area contributed by atoms with E-state index < -0.39 is 5.60 Å². The lowest BCUT2D eigenvalue weighted by Gasteiger charge is -2.23. The summed E-state index contributed by atoms with van der Waals surface area (Å²) in [5, 5.41) is 16.7. The molecule has 0 spiro atoms. The zero-order valence-corrected chi connectivity index (χ0v) is 15.3. The number of nitrogens with zero attached hydrogens (tertiary/aromatic N) is 1. The molecule has 1 aliphatic carbocycles. The second kappa shape index (κ2) is 9.29. The van der Waals surface area contributed by atoms with Crippen LogP contribution in [0.3, 0.4) is 0 Å². The van der Waals surface area contributed by atoms with Crippen LogP contribution in [0.5, 0.6) is 0 Å². The highest BCUT2D eigenvalue weighted by molar-refractivity contribution is 14.0. The Bertz CT molecular complexity index is 473. The van der Waals surface area contributed by atoms with Gasteiger partial charge in [0.15, 0.2) is 5.96 Å². The summed E-state index contributed by atoms with van der Waals surface area (Å²) in [5.41, 5.74) is 0.347. The van der Waals surface area contributed by atoms with Gasteiger partial charge >= 0.3 is 0 Å². The number of guanidine groups is 1. The smallest absolute Gasteiger partial charge is 0.191 e. The number of hydrogen-bond acceptors (Lipinski definition) is 2. The molecule has 0 saturated heterocycles. The molecule has 1 aromatic carbocycles. The van der Waals surface area contributed by atoms with Gasteiger partial charge in [0.25, 0.3) is 0 Å². The SMILES string of the molecule is CCNC(=NCc1ccc(F)cc1)NCC1(O)CCCC1.I. The molecule has 124 valence electrons. The fourth-order valence-electron chi connectivity index (χ4n) is 2.56. The van der Waals surface area contributed by atoms with Crippen LogP contribution in [0.2, 0.25) is 0 Å². The van der Waals surface area contributed by atoms with Crippen LogP contribution in [-0.2, 0) is 6.54 Å². The van der Waals surface area contributed by atoms with Crippen LogP contribution < -0.4 is 10.6 Å². The maximum absolute atomic E-state index is 12.9. The molecule has 3 N–H and O–H groups in total. The van der Waals surface area contributed by atoms with Gasteiger partial charge in [0.05, 0.1) is 12.1 Å². The Morgan fingerprint density at radius 3 is 2.45 bits per heavy atom. The van der Waals surface area contributed by atoms with Gasteiger partial charge < -0.3 is 15.7 Å². The molecule has 0 bridgehead atoms. The lowest BCUT2D eigenvalue weighted by atomic mass is 10.0. The quantitative estimate of drug-likeness (QED) is 0.390. The summed E-state index contributed by atoms with van der Waals surface area (Å²) in [4.78, 5) is 4.47. The normalized spacial score (nSPS) is 17.0. The van der Waals surface area contributed by atoms with Crippen molar-refractivity contribution in [3.63, 3.8) is 0 Å².